The predicted octanol–water partition coefficient (Wildman–Crippen LogP) is 3.06. The standard InChI is InChI=1S/C14H21N3O/c1-4-18-12-7-5-6-11-13(12)16-14(15)17(11)9-8-10(2)3/h5-7,10H,4,8-9H2,1-3H3,(H2,15,16). The topological polar surface area (TPSA) is 53.1 Å². The summed E-state index contributed by atoms with van der Waals surface area (Å²) >= 11 is 0. The van der Waals surface area contributed by atoms with Gasteiger partial charge in [0.25, 0.3) is 0 Å². The molecule has 0 aliphatic rings. The summed E-state index contributed by atoms with van der Waals surface area (Å²) < 4.78 is 7.65. The lowest BCUT2D eigenvalue weighted by Crippen LogP contribution is -2.05. The Labute approximate surface area is 108 Å². The molecule has 0 atom stereocenters. The molecule has 1 heterocycles. The molecule has 2 N–H and O–H groups in total. The Bertz CT molecular complexity index is 531. The molecule has 98 valence electrons. The van der Waals surface area contributed by atoms with Crippen LogP contribution < -0.4 is 10.5 Å². The van der Waals surface area contributed by atoms with Gasteiger partial charge in [-0.25, -0.2) is 4.98 Å². The quantitative estimate of drug-likeness (QED) is 0.883. The molecule has 18 heavy (non-hydrogen) atoms. The van der Waals surface area contributed by atoms with Crippen molar-refractivity contribution in [3.8, 4) is 5.75 Å². The number of para-hydroxylation sites is 1. The van der Waals surface area contributed by atoms with E-state index in [4.69, 9.17) is 10.5 Å². The van der Waals surface area contributed by atoms with Crippen LogP contribution in [0.4, 0.5) is 5.95 Å². The minimum absolute atomic E-state index is 0.567. The van der Waals surface area contributed by atoms with Gasteiger partial charge in [-0.2, -0.15) is 0 Å². The third kappa shape index (κ3) is 2.42. The maximum Gasteiger partial charge on any atom is 0.201 e. The highest BCUT2D eigenvalue weighted by atomic mass is 16.5. The maximum absolute atomic E-state index is 6.00. The van der Waals surface area contributed by atoms with Gasteiger partial charge in [0.05, 0.1) is 12.1 Å². The lowest BCUT2D eigenvalue weighted by atomic mass is 10.1. The number of nitrogen functional groups attached to an aromatic ring is 1. The normalized spacial score (nSPS) is 11.3. The Morgan fingerprint density at radius 1 is 1.39 bits per heavy atom. The molecular formula is C14H21N3O. The second-order valence-electron chi connectivity index (χ2n) is 4.86. The molecule has 0 saturated carbocycles. The number of imidazole rings is 1. The predicted molar refractivity (Wildman–Crippen MR) is 74.8 cm³/mol. The first-order valence-electron chi connectivity index (χ1n) is 6.51. The average molecular weight is 247 g/mol. The van der Waals surface area contributed by atoms with Gasteiger partial charge in [0.2, 0.25) is 5.95 Å². The Kier molecular flexibility index (Phi) is 3.75. The second kappa shape index (κ2) is 5.29. The Morgan fingerprint density at radius 3 is 2.83 bits per heavy atom. The minimum Gasteiger partial charge on any atom is -0.492 e. The number of benzene rings is 1. The van der Waals surface area contributed by atoms with Gasteiger partial charge >= 0.3 is 0 Å². The van der Waals surface area contributed by atoms with Crippen LogP contribution in [0.3, 0.4) is 0 Å². The summed E-state index contributed by atoms with van der Waals surface area (Å²) in [5.74, 6) is 2.03. The number of anilines is 1. The molecule has 0 fully saturated rings. The minimum atomic E-state index is 0.567. The molecule has 2 rings (SSSR count). The number of aryl methyl sites for hydroxylation is 1. The van der Waals surface area contributed by atoms with E-state index in [1.165, 1.54) is 0 Å². The Hall–Kier alpha value is -1.71. The van der Waals surface area contributed by atoms with E-state index in [-0.39, 0.29) is 0 Å². The summed E-state index contributed by atoms with van der Waals surface area (Å²) in [6, 6.07) is 5.97. The molecular weight excluding hydrogens is 226 g/mol. The van der Waals surface area contributed by atoms with E-state index in [0.717, 1.165) is 29.7 Å². The summed E-state index contributed by atoms with van der Waals surface area (Å²) in [6.07, 6.45) is 1.09. The van der Waals surface area contributed by atoms with Crippen LogP contribution in [-0.4, -0.2) is 16.2 Å². The van der Waals surface area contributed by atoms with Gasteiger partial charge in [0, 0.05) is 6.54 Å². The summed E-state index contributed by atoms with van der Waals surface area (Å²) in [6.45, 7) is 7.92. The number of rotatable bonds is 5. The molecule has 0 unspecified atom stereocenters. The zero-order valence-corrected chi connectivity index (χ0v) is 11.3. The number of hydrogen-bond donors (Lipinski definition) is 1. The number of fused-ring (bicyclic) bond motifs is 1. The molecule has 0 radical (unpaired) electrons. The average Bonchev–Trinajstić information content (AvgIpc) is 2.64. The zero-order chi connectivity index (χ0) is 13.1. The number of ether oxygens (including phenoxy) is 1. The smallest absolute Gasteiger partial charge is 0.201 e. The molecule has 0 aliphatic carbocycles. The van der Waals surface area contributed by atoms with E-state index in [1.54, 1.807) is 0 Å². The maximum atomic E-state index is 6.00. The SMILES string of the molecule is CCOc1cccc2c1nc(N)n2CCC(C)C. The van der Waals surface area contributed by atoms with Crippen LogP contribution in [0.5, 0.6) is 5.75 Å². The van der Waals surface area contributed by atoms with Crippen LogP contribution in [0.2, 0.25) is 0 Å². The first-order chi connectivity index (χ1) is 8.63. The molecule has 0 aliphatic heterocycles. The van der Waals surface area contributed by atoms with Gasteiger partial charge in [-0.05, 0) is 31.4 Å². The van der Waals surface area contributed by atoms with Crippen LogP contribution in [0.15, 0.2) is 18.2 Å². The van der Waals surface area contributed by atoms with Crippen molar-refractivity contribution in [2.75, 3.05) is 12.3 Å². The Balaban J connectivity index is 2.41. The first-order valence-corrected chi connectivity index (χ1v) is 6.51. The molecule has 0 saturated heterocycles. The van der Waals surface area contributed by atoms with Crippen molar-refractivity contribution >= 4 is 17.0 Å². The van der Waals surface area contributed by atoms with Crippen molar-refractivity contribution in [1.29, 1.82) is 0 Å². The van der Waals surface area contributed by atoms with Gasteiger partial charge in [-0.1, -0.05) is 19.9 Å². The second-order valence-corrected chi connectivity index (χ2v) is 4.86. The van der Waals surface area contributed by atoms with E-state index in [9.17, 15) is 0 Å². The molecule has 1 aromatic carbocycles. The summed E-state index contributed by atoms with van der Waals surface area (Å²) in [5.41, 5.74) is 7.92. The lowest BCUT2D eigenvalue weighted by molar-refractivity contribution is 0.343. The van der Waals surface area contributed by atoms with Crippen molar-refractivity contribution in [3.63, 3.8) is 0 Å². The van der Waals surface area contributed by atoms with Crippen molar-refractivity contribution < 1.29 is 4.74 Å². The van der Waals surface area contributed by atoms with E-state index in [2.05, 4.69) is 23.4 Å². The molecule has 2 aromatic rings. The van der Waals surface area contributed by atoms with Crippen LogP contribution >= 0.6 is 0 Å². The number of aromatic nitrogens is 2. The Morgan fingerprint density at radius 2 is 2.17 bits per heavy atom. The largest absolute Gasteiger partial charge is 0.492 e. The molecule has 0 bridgehead atoms. The van der Waals surface area contributed by atoms with Gasteiger partial charge in [-0.15, -0.1) is 0 Å². The van der Waals surface area contributed by atoms with Gasteiger partial charge in [0.15, 0.2) is 0 Å². The fourth-order valence-electron chi connectivity index (χ4n) is 2.03. The molecule has 1 aromatic heterocycles. The number of nitrogens with zero attached hydrogens (tertiary/aromatic N) is 2. The van der Waals surface area contributed by atoms with Crippen LogP contribution in [-0.2, 0) is 6.54 Å². The van der Waals surface area contributed by atoms with Crippen LogP contribution in [0, 0.1) is 5.92 Å². The summed E-state index contributed by atoms with van der Waals surface area (Å²) in [7, 11) is 0. The third-order valence-electron chi connectivity index (χ3n) is 3.00. The fourth-order valence-corrected chi connectivity index (χ4v) is 2.03. The number of hydrogen-bond acceptors (Lipinski definition) is 3. The monoisotopic (exact) mass is 247 g/mol. The summed E-state index contributed by atoms with van der Waals surface area (Å²) in [5, 5.41) is 0. The van der Waals surface area contributed by atoms with Crippen molar-refractivity contribution in [2.45, 2.75) is 33.7 Å². The highest BCUT2D eigenvalue weighted by Gasteiger charge is 2.12. The number of nitrogens with two attached hydrogens (primary N) is 1. The van der Waals surface area contributed by atoms with E-state index < -0.39 is 0 Å². The van der Waals surface area contributed by atoms with Gasteiger partial charge < -0.3 is 15.0 Å². The van der Waals surface area contributed by atoms with E-state index in [1.807, 2.05) is 25.1 Å². The molecule has 0 spiro atoms. The highest BCUT2D eigenvalue weighted by molar-refractivity contribution is 5.84. The zero-order valence-electron chi connectivity index (χ0n) is 11.3. The van der Waals surface area contributed by atoms with Gasteiger partial charge in [0.1, 0.15) is 11.3 Å². The van der Waals surface area contributed by atoms with Crippen LogP contribution in [0.1, 0.15) is 27.2 Å². The third-order valence-corrected chi connectivity index (χ3v) is 3.00. The fraction of sp³-hybridized carbons (Fsp3) is 0.500. The van der Waals surface area contributed by atoms with Crippen LogP contribution in [0.25, 0.3) is 11.0 Å². The van der Waals surface area contributed by atoms with Crippen molar-refractivity contribution in [3.05, 3.63) is 18.2 Å². The molecule has 4 nitrogen and oxygen atoms in total. The molecule has 0 amide bonds. The summed E-state index contributed by atoms with van der Waals surface area (Å²) in [4.78, 5) is 4.43. The van der Waals surface area contributed by atoms with Crippen molar-refractivity contribution in [1.82, 2.24) is 9.55 Å². The first kappa shape index (κ1) is 12.7. The lowest BCUT2D eigenvalue weighted by Gasteiger charge is -2.09. The van der Waals surface area contributed by atoms with Crippen molar-refractivity contribution in [2.24, 2.45) is 5.92 Å². The highest BCUT2D eigenvalue weighted by Crippen LogP contribution is 2.27. The van der Waals surface area contributed by atoms with E-state index in [0.29, 0.717) is 18.5 Å². The molecule has 4 heteroatoms. The van der Waals surface area contributed by atoms with E-state index >= 15 is 0 Å². The van der Waals surface area contributed by atoms with Gasteiger partial charge in [-0.3, -0.25) is 0 Å².